The maximum absolute atomic E-state index is 12.1. The molecular formula is C16H26O10S. The van der Waals surface area contributed by atoms with Crippen molar-refractivity contribution in [3.63, 3.8) is 0 Å². The van der Waals surface area contributed by atoms with Crippen LogP contribution in [0.4, 0.5) is 4.79 Å². The molecule has 3 aliphatic heterocycles. The first-order valence-corrected chi connectivity index (χ1v) is 10.8. The normalized spacial score (nSPS) is 37.1. The van der Waals surface area contributed by atoms with Crippen LogP contribution in [0.5, 0.6) is 0 Å². The summed E-state index contributed by atoms with van der Waals surface area (Å²) in [5, 5.41) is 0. The molecule has 3 rings (SSSR count). The summed E-state index contributed by atoms with van der Waals surface area (Å²) in [6.45, 7) is 6.95. The van der Waals surface area contributed by atoms with Gasteiger partial charge in [-0.15, -0.1) is 0 Å². The van der Waals surface area contributed by atoms with E-state index in [1.165, 1.54) is 0 Å². The zero-order valence-electron chi connectivity index (χ0n) is 16.0. The molecule has 0 unspecified atom stereocenters. The van der Waals surface area contributed by atoms with Gasteiger partial charge in [-0.3, -0.25) is 0 Å². The molecule has 0 radical (unpaired) electrons. The molecule has 27 heavy (non-hydrogen) atoms. The molecular weight excluding hydrogens is 384 g/mol. The number of fused-ring (bicyclic) bond motifs is 1. The Morgan fingerprint density at radius 2 is 1.78 bits per heavy atom. The Morgan fingerprint density at radius 3 is 2.37 bits per heavy atom. The molecule has 0 aromatic carbocycles. The lowest BCUT2D eigenvalue weighted by atomic mass is 10.1. The van der Waals surface area contributed by atoms with E-state index in [-0.39, 0.29) is 19.0 Å². The Balaban J connectivity index is 1.66. The average Bonchev–Trinajstić information content (AvgIpc) is 3.08. The number of hydrogen-bond donors (Lipinski definition) is 0. The monoisotopic (exact) mass is 410 g/mol. The van der Waals surface area contributed by atoms with Crippen LogP contribution in [0.3, 0.4) is 0 Å². The Labute approximate surface area is 158 Å². The Morgan fingerprint density at radius 1 is 1.07 bits per heavy atom. The molecule has 0 amide bonds. The molecule has 0 spiro atoms. The van der Waals surface area contributed by atoms with Gasteiger partial charge in [-0.1, -0.05) is 0 Å². The molecule has 0 aromatic heterocycles. The van der Waals surface area contributed by atoms with Crippen LogP contribution in [-0.2, 0) is 43.0 Å². The van der Waals surface area contributed by atoms with E-state index < -0.39 is 58.3 Å². The standard InChI is InChI=1S/C16H26O10S/c1-15(2)21-8-9(24-15)10-11(12-13(22-10)26-16(3,4)25-12)23-14(17)20-6-7-27(5,18)19/h9-13H,6-8H2,1-5H3/t9-,10-,11+,12-,13-/m1/s1. The first-order valence-electron chi connectivity index (χ1n) is 8.69. The molecule has 0 aliphatic carbocycles. The molecule has 10 nitrogen and oxygen atoms in total. The van der Waals surface area contributed by atoms with Gasteiger partial charge in [0.05, 0.1) is 12.4 Å². The van der Waals surface area contributed by atoms with Crippen molar-refractivity contribution >= 4 is 16.0 Å². The summed E-state index contributed by atoms with van der Waals surface area (Å²) in [6.07, 6.45) is -3.38. The maximum Gasteiger partial charge on any atom is 0.508 e. The minimum atomic E-state index is -3.25. The molecule has 156 valence electrons. The molecule has 0 aromatic rings. The van der Waals surface area contributed by atoms with Gasteiger partial charge >= 0.3 is 6.16 Å². The Kier molecular flexibility index (Phi) is 5.47. The van der Waals surface area contributed by atoms with Crippen molar-refractivity contribution in [2.45, 2.75) is 70.0 Å². The fraction of sp³-hybridized carbons (Fsp3) is 0.938. The molecule has 3 saturated heterocycles. The van der Waals surface area contributed by atoms with Gasteiger partial charge in [0, 0.05) is 6.26 Å². The van der Waals surface area contributed by atoms with Crippen molar-refractivity contribution in [3.05, 3.63) is 0 Å². The van der Waals surface area contributed by atoms with Gasteiger partial charge in [-0.05, 0) is 27.7 Å². The van der Waals surface area contributed by atoms with Crippen LogP contribution >= 0.6 is 0 Å². The predicted octanol–water partition coefficient (Wildman–Crippen LogP) is 0.581. The molecule has 0 saturated carbocycles. The third kappa shape index (κ3) is 5.09. The molecule has 5 atom stereocenters. The van der Waals surface area contributed by atoms with Crippen LogP contribution in [0.15, 0.2) is 0 Å². The summed E-state index contributed by atoms with van der Waals surface area (Å²) in [5.74, 6) is -1.97. The fourth-order valence-electron chi connectivity index (χ4n) is 3.24. The summed E-state index contributed by atoms with van der Waals surface area (Å²) >= 11 is 0. The highest BCUT2D eigenvalue weighted by molar-refractivity contribution is 7.90. The van der Waals surface area contributed by atoms with Crippen LogP contribution in [-0.4, -0.2) is 82.1 Å². The fourth-order valence-corrected chi connectivity index (χ4v) is 3.62. The largest absolute Gasteiger partial charge is 0.508 e. The first-order chi connectivity index (χ1) is 12.4. The third-order valence-electron chi connectivity index (χ3n) is 4.33. The lowest BCUT2D eigenvalue weighted by Crippen LogP contribution is -2.45. The van der Waals surface area contributed by atoms with Gasteiger partial charge in [0.25, 0.3) is 0 Å². The predicted molar refractivity (Wildman–Crippen MR) is 89.5 cm³/mol. The number of rotatable bonds is 5. The van der Waals surface area contributed by atoms with Gasteiger partial charge in [-0.25, -0.2) is 13.2 Å². The summed E-state index contributed by atoms with van der Waals surface area (Å²) in [4.78, 5) is 12.1. The van der Waals surface area contributed by atoms with Crippen molar-refractivity contribution in [1.29, 1.82) is 0 Å². The minimum absolute atomic E-state index is 0.253. The van der Waals surface area contributed by atoms with Crippen LogP contribution in [0, 0.1) is 0 Å². The van der Waals surface area contributed by atoms with Crippen molar-refractivity contribution in [2.75, 3.05) is 25.2 Å². The second-order valence-corrected chi connectivity index (χ2v) is 10.0. The van der Waals surface area contributed by atoms with E-state index in [9.17, 15) is 13.2 Å². The summed E-state index contributed by atoms with van der Waals surface area (Å²) in [6, 6.07) is 0. The number of carbonyl (C=O) groups is 1. The minimum Gasteiger partial charge on any atom is -0.433 e. The second-order valence-electron chi connectivity index (χ2n) is 7.75. The molecule has 11 heteroatoms. The zero-order valence-corrected chi connectivity index (χ0v) is 16.8. The van der Waals surface area contributed by atoms with Crippen molar-refractivity contribution in [2.24, 2.45) is 0 Å². The molecule has 3 heterocycles. The van der Waals surface area contributed by atoms with Crippen molar-refractivity contribution in [1.82, 2.24) is 0 Å². The van der Waals surface area contributed by atoms with Gasteiger partial charge in [-0.2, -0.15) is 0 Å². The second kappa shape index (κ2) is 7.12. The lowest BCUT2D eigenvalue weighted by molar-refractivity contribution is -0.233. The number of sulfone groups is 1. The van der Waals surface area contributed by atoms with Gasteiger partial charge in [0.1, 0.15) is 18.8 Å². The number of hydrogen-bond acceptors (Lipinski definition) is 10. The highest BCUT2D eigenvalue weighted by atomic mass is 32.2. The van der Waals surface area contributed by atoms with Crippen molar-refractivity contribution in [3.8, 4) is 0 Å². The third-order valence-corrected chi connectivity index (χ3v) is 5.24. The lowest BCUT2D eigenvalue weighted by Gasteiger charge is -2.28. The Bertz CT molecular complexity index is 673. The average molecular weight is 410 g/mol. The van der Waals surface area contributed by atoms with Gasteiger partial charge in [0.15, 0.2) is 39.9 Å². The SMILES string of the molecule is CC1(C)O[C@H]2O[C@H]([C@H]3COC(C)(C)O3)[C@H](OC(=O)OCCS(C)(=O)=O)[C@H]2O1. The summed E-state index contributed by atoms with van der Waals surface area (Å²) in [5.41, 5.74) is 0. The van der Waals surface area contributed by atoms with Crippen LogP contribution in [0.1, 0.15) is 27.7 Å². The summed E-state index contributed by atoms with van der Waals surface area (Å²) in [7, 11) is -3.25. The van der Waals surface area contributed by atoms with Crippen LogP contribution < -0.4 is 0 Å². The van der Waals surface area contributed by atoms with Gasteiger partial charge in [0.2, 0.25) is 0 Å². The smallest absolute Gasteiger partial charge is 0.433 e. The molecule has 0 N–H and O–H groups in total. The Hall–Kier alpha value is -0.980. The molecule has 0 bridgehead atoms. The molecule has 3 aliphatic rings. The summed E-state index contributed by atoms with van der Waals surface area (Å²) < 4.78 is 61.3. The number of carbonyl (C=O) groups excluding carboxylic acids is 1. The maximum atomic E-state index is 12.1. The van der Waals surface area contributed by atoms with E-state index in [0.717, 1.165) is 6.26 Å². The van der Waals surface area contributed by atoms with Crippen molar-refractivity contribution < 1.29 is 46.4 Å². The van der Waals surface area contributed by atoms with E-state index >= 15 is 0 Å². The van der Waals surface area contributed by atoms with Crippen LogP contribution in [0.25, 0.3) is 0 Å². The highest BCUT2D eigenvalue weighted by Gasteiger charge is 2.60. The molecule has 3 fully saturated rings. The number of ether oxygens (including phenoxy) is 7. The highest BCUT2D eigenvalue weighted by Crippen LogP contribution is 2.42. The van der Waals surface area contributed by atoms with Gasteiger partial charge < -0.3 is 33.2 Å². The topological polar surface area (TPSA) is 116 Å². The van der Waals surface area contributed by atoms with E-state index in [4.69, 9.17) is 33.2 Å². The van der Waals surface area contributed by atoms with Crippen LogP contribution in [0.2, 0.25) is 0 Å². The zero-order chi connectivity index (χ0) is 20.0. The first kappa shape index (κ1) is 20.7. The quantitative estimate of drug-likeness (QED) is 0.596. The van der Waals surface area contributed by atoms with E-state index in [1.54, 1.807) is 27.7 Å². The van der Waals surface area contributed by atoms with E-state index in [2.05, 4.69) is 0 Å². The van der Waals surface area contributed by atoms with E-state index in [0.29, 0.717) is 0 Å². The van der Waals surface area contributed by atoms with E-state index in [1.807, 2.05) is 0 Å².